The largest absolute Gasteiger partial charge is 0.380 e. The number of hydrogen-bond donors (Lipinski definition) is 1. The molecule has 8 nitrogen and oxygen atoms in total. The summed E-state index contributed by atoms with van der Waals surface area (Å²) in [6, 6.07) is 6.98. The first-order chi connectivity index (χ1) is 11.7. The average molecular weight is 326 g/mol. The van der Waals surface area contributed by atoms with Crippen LogP contribution in [0.25, 0.3) is 5.65 Å². The average Bonchev–Trinajstić information content (AvgIpc) is 3.20. The van der Waals surface area contributed by atoms with E-state index in [1.165, 1.54) is 4.40 Å². The molecule has 0 aromatic carbocycles. The van der Waals surface area contributed by atoms with Crippen LogP contribution in [-0.4, -0.2) is 44.3 Å². The number of hydrogen-bond acceptors (Lipinski definition) is 6. The molecule has 124 valence electrons. The van der Waals surface area contributed by atoms with Gasteiger partial charge in [-0.05, 0) is 19.1 Å². The number of methoxy groups -OCH3 is 1. The molecule has 0 saturated carbocycles. The van der Waals surface area contributed by atoms with E-state index in [9.17, 15) is 4.79 Å². The number of rotatable bonds is 3. The van der Waals surface area contributed by atoms with Crippen LogP contribution < -0.4 is 10.5 Å². The van der Waals surface area contributed by atoms with Gasteiger partial charge >= 0.3 is 0 Å². The van der Waals surface area contributed by atoms with Crippen molar-refractivity contribution in [2.45, 2.75) is 25.5 Å². The van der Waals surface area contributed by atoms with E-state index in [2.05, 4.69) is 20.2 Å². The predicted molar refractivity (Wildman–Crippen MR) is 88.1 cm³/mol. The highest BCUT2D eigenvalue weighted by Crippen LogP contribution is 2.34. The summed E-state index contributed by atoms with van der Waals surface area (Å²) >= 11 is 0. The number of aromatic nitrogens is 5. The molecule has 0 spiro atoms. The van der Waals surface area contributed by atoms with Crippen LogP contribution in [0.4, 0.5) is 5.82 Å². The van der Waals surface area contributed by atoms with E-state index in [1.807, 2.05) is 30.0 Å². The number of H-pyrrole nitrogens is 1. The molecule has 0 aliphatic carbocycles. The van der Waals surface area contributed by atoms with Gasteiger partial charge in [0.25, 0.3) is 5.56 Å². The minimum atomic E-state index is -0.110. The van der Waals surface area contributed by atoms with E-state index in [4.69, 9.17) is 4.74 Å². The Morgan fingerprint density at radius 1 is 1.33 bits per heavy atom. The van der Waals surface area contributed by atoms with Crippen molar-refractivity contribution in [3.63, 3.8) is 0 Å². The third-order valence-corrected chi connectivity index (χ3v) is 4.36. The lowest BCUT2D eigenvalue weighted by molar-refractivity contribution is 0.118. The first-order valence-electron chi connectivity index (χ1n) is 7.82. The first kappa shape index (κ1) is 14.8. The maximum Gasteiger partial charge on any atom is 0.259 e. The lowest BCUT2D eigenvalue weighted by atomic mass is 10.2. The van der Waals surface area contributed by atoms with Crippen molar-refractivity contribution in [3.05, 3.63) is 52.5 Å². The van der Waals surface area contributed by atoms with Gasteiger partial charge in [-0.25, -0.2) is 9.97 Å². The van der Waals surface area contributed by atoms with E-state index in [1.54, 1.807) is 19.4 Å². The smallest absolute Gasteiger partial charge is 0.259 e. The Labute approximate surface area is 138 Å². The third kappa shape index (κ3) is 2.44. The van der Waals surface area contributed by atoms with Crippen LogP contribution in [0.5, 0.6) is 0 Å². The number of anilines is 1. The summed E-state index contributed by atoms with van der Waals surface area (Å²) in [5.74, 6) is 2.08. The molecule has 0 amide bonds. The lowest BCUT2D eigenvalue weighted by Gasteiger charge is -2.23. The molecule has 1 aliphatic heterocycles. The predicted octanol–water partition coefficient (Wildman–Crippen LogP) is 1.09. The van der Waals surface area contributed by atoms with Gasteiger partial charge < -0.3 is 9.64 Å². The van der Waals surface area contributed by atoms with Crippen molar-refractivity contribution in [2.75, 3.05) is 18.6 Å². The van der Waals surface area contributed by atoms with Gasteiger partial charge in [0.15, 0.2) is 5.82 Å². The Morgan fingerprint density at radius 2 is 2.21 bits per heavy atom. The van der Waals surface area contributed by atoms with Gasteiger partial charge in [0.1, 0.15) is 17.3 Å². The first-order valence-corrected chi connectivity index (χ1v) is 7.82. The fraction of sp³-hybridized carbons (Fsp3) is 0.375. The summed E-state index contributed by atoms with van der Waals surface area (Å²) in [6.45, 7) is 2.51. The summed E-state index contributed by atoms with van der Waals surface area (Å²) in [5.41, 5.74) is 0.507. The number of nitrogens with one attached hydrogen (secondary N) is 1. The maximum absolute atomic E-state index is 12.4. The second-order valence-corrected chi connectivity index (χ2v) is 5.92. The molecule has 0 radical (unpaired) electrons. The van der Waals surface area contributed by atoms with Crippen molar-refractivity contribution >= 4 is 11.5 Å². The van der Waals surface area contributed by atoms with E-state index in [0.29, 0.717) is 23.8 Å². The zero-order valence-electron chi connectivity index (χ0n) is 13.5. The fourth-order valence-electron chi connectivity index (χ4n) is 3.16. The molecule has 1 fully saturated rings. The summed E-state index contributed by atoms with van der Waals surface area (Å²) in [7, 11) is 1.69. The molecule has 24 heavy (non-hydrogen) atoms. The molecule has 4 heterocycles. The van der Waals surface area contributed by atoms with Crippen molar-refractivity contribution in [3.8, 4) is 0 Å². The van der Waals surface area contributed by atoms with E-state index >= 15 is 0 Å². The zero-order chi connectivity index (χ0) is 16.7. The molecule has 4 rings (SSSR count). The second-order valence-electron chi connectivity index (χ2n) is 5.92. The highest BCUT2D eigenvalue weighted by molar-refractivity contribution is 5.50. The van der Waals surface area contributed by atoms with Gasteiger partial charge in [-0.2, -0.15) is 5.10 Å². The van der Waals surface area contributed by atoms with Gasteiger partial charge in [0.05, 0.1) is 12.1 Å². The summed E-state index contributed by atoms with van der Waals surface area (Å²) in [6.07, 6.45) is 2.51. The topological polar surface area (TPSA) is 88.4 Å². The number of pyridine rings is 1. The highest BCUT2D eigenvalue weighted by atomic mass is 16.5. The number of aromatic amines is 1. The van der Waals surface area contributed by atoms with Crippen molar-refractivity contribution < 1.29 is 4.74 Å². The number of aryl methyl sites for hydroxylation is 1. The molecule has 2 atom stereocenters. The normalized spacial score (nSPS) is 20.8. The highest BCUT2D eigenvalue weighted by Gasteiger charge is 2.36. The molecule has 1 saturated heterocycles. The molecule has 8 heteroatoms. The number of nitrogens with zero attached hydrogens (tertiary/aromatic N) is 5. The SMILES string of the molecule is CO[C@@H]1C[C@@H](c2n[nH]c(C)n2)N(c2cc(=O)n3ccccc3n2)C1. The van der Waals surface area contributed by atoms with E-state index < -0.39 is 0 Å². The van der Waals surface area contributed by atoms with E-state index in [0.717, 1.165) is 12.2 Å². The van der Waals surface area contributed by atoms with Crippen LogP contribution in [-0.2, 0) is 4.74 Å². The number of fused-ring (bicyclic) bond motifs is 1. The van der Waals surface area contributed by atoms with Gasteiger partial charge in [-0.15, -0.1) is 0 Å². The van der Waals surface area contributed by atoms with Crippen molar-refractivity contribution in [1.82, 2.24) is 24.6 Å². The standard InChI is InChI=1S/C16H18N6O2/c1-10-17-16(20-19-10)12-7-11(24-2)9-22(12)14-8-15(23)21-6-4-3-5-13(21)18-14/h3-6,8,11-12H,7,9H2,1-2H3,(H,17,19,20)/t11-,12+/m1/s1. The molecule has 3 aromatic rings. The lowest BCUT2D eigenvalue weighted by Crippen LogP contribution is -2.28. The molecule has 0 unspecified atom stereocenters. The monoisotopic (exact) mass is 326 g/mol. The molecular weight excluding hydrogens is 308 g/mol. The summed E-state index contributed by atoms with van der Waals surface area (Å²) in [5, 5.41) is 7.16. The molecule has 3 aromatic heterocycles. The Bertz CT molecular complexity index is 933. The third-order valence-electron chi connectivity index (χ3n) is 4.36. The van der Waals surface area contributed by atoms with Crippen LogP contribution >= 0.6 is 0 Å². The quantitative estimate of drug-likeness (QED) is 0.775. The van der Waals surface area contributed by atoms with Crippen LogP contribution in [0, 0.1) is 6.92 Å². The molecule has 0 bridgehead atoms. The molecular formula is C16H18N6O2. The van der Waals surface area contributed by atoms with Crippen molar-refractivity contribution in [2.24, 2.45) is 0 Å². The van der Waals surface area contributed by atoms with E-state index in [-0.39, 0.29) is 17.7 Å². The maximum atomic E-state index is 12.4. The van der Waals surface area contributed by atoms with Crippen LogP contribution in [0.1, 0.15) is 24.1 Å². The summed E-state index contributed by atoms with van der Waals surface area (Å²) in [4.78, 5) is 23.5. The van der Waals surface area contributed by atoms with Gasteiger partial charge in [-0.1, -0.05) is 6.07 Å². The second kappa shape index (κ2) is 5.72. The Hall–Kier alpha value is -2.74. The molecule has 1 aliphatic rings. The number of ether oxygens (including phenoxy) is 1. The Morgan fingerprint density at radius 3 is 2.96 bits per heavy atom. The Kier molecular flexibility index (Phi) is 3.53. The van der Waals surface area contributed by atoms with Crippen LogP contribution in [0.3, 0.4) is 0 Å². The zero-order valence-corrected chi connectivity index (χ0v) is 13.5. The van der Waals surface area contributed by atoms with Crippen molar-refractivity contribution in [1.29, 1.82) is 0 Å². The minimum absolute atomic E-state index is 0.0461. The van der Waals surface area contributed by atoms with Gasteiger partial charge in [-0.3, -0.25) is 14.3 Å². The molecule has 1 N–H and O–H groups in total. The summed E-state index contributed by atoms with van der Waals surface area (Å²) < 4.78 is 7.05. The minimum Gasteiger partial charge on any atom is -0.380 e. The van der Waals surface area contributed by atoms with Crippen LogP contribution in [0.2, 0.25) is 0 Å². The van der Waals surface area contributed by atoms with Crippen LogP contribution in [0.15, 0.2) is 35.3 Å². The van der Waals surface area contributed by atoms with Gasteiger partial charge in [0.2, 0.25) is 0 Å². The van der Waals surface area contributed by atoms with Gasteiger partial charge in [0, 0.05) is 32.3 Å². The Balaban J connectivity index is 1.79. The fourth-order valence-corrected chi connectivity index (χ4v) is 3.16.